The number of likely N-dealkylation sites (tertiary alicyclic amines) is 1. The third-order valence-corrected chi connectivity index (χ3v) is 5.20. The molecule has 2 aromatic carbocycles. The normalized spacial score (nSPS) is 15.5. The minimum absolute atomic E-state index is 0.0284. The second-order valence-corrected chi connectivity index (χ2v) is 7.67. The molecule has 2 N–H and O–H groups in total. The summed E-state index contributed by atoms with van der Waals surface area (Å²) in [5, 5.41) is 6.56. The lowest BCUT2D eigenvalue weighted by atomic mass is 10.0. The standard InChI is InChI=1S/C22H26ClN3O3/c1-15-14-17(23)8-9-20(15)29-16(2)21(27)24-19-10-12-26(13-11-19)22(28)25-18-6-4-3-5-7-18/h3-9,14,16,19H,10-13H2,1-2H3,(H,24,27)(H,25,28). The molecule has 1 heterocycles. The molecule has 3 rings (SSSR count). The molecule has 0 aliphatic carbocycles. The smallest absolute Gasteiger partial charge is 0.321 e. The van der Waals surface area contributed by atoms with Gasteiger partial charge in [-0.05, 0) is 62.6 Å². The van der Waals surface area contributed by atoms with Crippen molar-refractivity contribution < 1.29 is 14.3 Å². The Labute approximate surface area is 176 Å². The van der Waals surface area contributed by atoms with Crippen LogP contribution in [-0.2, 0) is 4.79 Å². The summed E-state index contributed by atoms with van der Waals surface area (Å²) in [4.78, 5) is 26.6. The highest BCUT2D eigenvalue weighted by Gasteiger charge is 2.26. The van der Waals surface area contributed by atoms with Crippen LogP contribution in [0, 0.1) is 6.92 Å². The first-order chi connectivity index (χ1) is 13.9. The average molecular weight is 416 g/mol. The first-order valence-electron chi connectivity index (χ1n) is 9.76. The molecule has 7 heteroatoms. The molecule has 0 radical (unpaired) electrons. The molecular formula is C22H26ClN3O3. The zero-order chi connectivity index (χ0) is 20.8. The highest BCUT2D eigenvalue weighted by atomic mass is 35.5. The molecule has 1 fully saturated rings. The minimum Gasteiger partial charge on any atom is -0.481 e. The van der Waals surface area contributed by atoms with Crippen molar-refractivity contribution in [2.75, 3.05) is 18.4 Å². The van der Waals surface area contributed by atoms with Gasteiger partial charge >= 0.3 is 6.03 Å². The third kappa shape index (κ3) is 5.87. The van der Waals surface area contributed by atoms with E-state index in [1.165, 1.54) is 0 Å². The molecule has 6 nitrogen and oxygen atoms in total. The number of carbonyl (C=O) groups excluding carboxylic acids is 2. The molecule has 1 aliphatic heterocycles. The Bertz CT molecular complexity index is 852. The monoisotopic (exact) mass is 415 g/mol. The van der Waals surface area contributed by atoms with E-state index >= 15 is 0 Å². The SMILES string of the molecule is Cc1cc(Cl)ccc1OC(C)C(=O)NC1CCN(C(=O)Nc2ccccc2)CC1. The van der Waals surface area contributed by atoms with Crippen LogP contribution >= 0.6 is 11.6 Å². The summed E-state index contributed by atoms with van der Waals surface area (Å²) >= 11 is 5.96. The van der Waals surface area contributed by atoms with Crippen molar-refractivity contribution >= 4 is 29.2 Å². The van der Waals surface area contributed by atoms with Crippen molar-refractivity contribution in [1.29, 1.82) is 0 Å². The third-order valence-electron chi connectivity index (χ3n) is 4.96. The van der Waals surface area contributed by atoms with Gasteiger partial charge in [0.05, 0.1) is 0 Å². The number of amides is 3. The highest BCUT2D eigenvalue weighted by molar-refractivity contribution is 6.30. The van der Waals surface area contributed by atoms with Crippen LogP contribution in [0.5, 0.6) is 5.75 Å². The van der Waals surface area contributed by atoms with E-state index in [2.05, 4.69) is 10.6 Å². The minimum atomic E-state index is -0.616. The summed E-state index contributed by atoms with van der Waals surface area (Å²) in [6, 6.07) is 14.6. The predicted molar refractivity (Wildman–Crippen MR) is 114 cm³/mol. The quantitative estimate of drug-likeness (QED) is 0.767. The summed E-state index contributed by atoms with van der Waals surface area (Å²) in [6.45, 7) is 4.80. The van der Waals surface area contributed by atoms with Crippen LogP contribution in [0.25, 0.3) is 0 Å². The summed E-state index contributed by atoms with van der Waals surface area (Å²) in [5.74, 6) is 0.482. The molecular weight excluding hydrogens is 390 g/mol. The number of anilines is 1. The van der Waals surface area contributed by atoms with Crippen LogP contribution in [0.1, 0.15) is 25.3 Å². The van der Waals surface area contributed by atoms with Crippen molar-refractivity contribution in [3.63, 3.8) is 0 Å². The molecule has 1 saturated heterocycles. The number of piperidine rings is 1. The highest BCUT2D eigenvalue weighted by Crippen LogP contribution is 2.23. The first kappa shape index (κ1) is 21.0. The number of hydrogen-bond donors (Lipinski definition) is 2. The number of rotatable bonds is 5. The molecule has 1 aliphatic rings. The maximum Gasteiger partial charge on any atom is 0.321 e. The molecule has 0 saturated carbocycles. The van der Waals surface area contributed by atoms with Gasteiger partial charge in [-0.15, -0.1) is 0 Å². The van der Waals surface area contributed by atoms with E-state index in [0.717, 1.165) is 11.3 Å². The van der Waals surface area contributed by atoms with Crippen molar-refractivity contribution in [2.24, 2.45) is 0 Å². The fourth-order valence-corrected chi connectivity index (χ4v) is 3.49. The van der Waals surface area contributed by atoms with Gasteiger partial charge in [-0.2, -0.15) is 0 Å². The zero-order valence-electron chi connectivity index (χ0n) is 16.7. The van der Waals surface area contributed by atoms with E-state index < -0.39 is 6.10 Å². The van der Waals surface area contributed by atoms with Crippen molar-refractivity contribution in [2.45, 2.75) is 38.8 Å². The molecule has 3 amide bonds. The zero-order valence-corrected chi connectivity index (χ0v) is 17.4. The fraction of sp³-hybridized carbons (Fsp3) is 0.364. The Morgan fingerprint density at radius 2 is 1.83 bits per heavy atom. The molecule has 1 atom stereocenters. The summed E-state index contributed by atoms with van der Waals surface area (Å²) in [7, 11) is 0. The molecule has 2 aromatic rings. The van der Waals surface area contributed by atoms with Gasteiger partial charge in [-0.25, -0.2) is 4.79 Å². The van der Waals surface area contributed by atoms with Gasteiger partial charge < -0.3 is 20.3 Å². The largest absolute Gasteiger partial charge is 0.481 e. The second kappa shape index (κ2) is 9.65. The van der Waals surface area contributed by atoms with Gasteiger partial charge in [0.2, 0.25) is 0 Å². The van der Waals surface area contributed by atoms with Crippen LogP contribution < -0.4 is 15.4 Å². The molecule has 0 spiro atoms. The van der Waals surface area contributed by atoms with E-state index in [1.54, 1.807) is 30.0 Å². The van der Waals surface area contributed by atoms with Crippen LogP contribution in [-0.4, -0.2) is 42.1 Å². The first-order valence-corrected chi connectivity index (χ1v) is 10.1. The van der Waals surface area contributed by atoms with Crippen LogP contribution in [0.2, 0.25) is 5.02 Å². The number of aryl methyl sites for hydroxylation is 1. The van der Waals surface area contributed by atoms with Gasteiger partial charge in [0, 0.05) is 29.8 Å². The predicted octanol–water partition coefficient (Wildman–Crippen LogP) is 4.23. The topological polar surface area (TPSA) is 70.7 Å². The Hall–Kier alpha value is -2.73. The van der Waals surface area contributed by atoms with E-state index in [1.807, 2.05) is 37.3 Å². The molecule has 29 heavy (non-hydrogen) atoms. The van der Waals surface area contributed by atoms with Gasteiger partial charge in [0.25, 0.3) is 5.91 Å². The number of carbonyl (C=O) groups is 2. The maximum atomic E-state index is 12.5. The lowest BCUT2D eigenvalue weighted by Crippen LogP contribution is -2.50. The number of nitrogens with zero attached hydrogens (tertiary/aromatic N) is 1. The number of halogens is 1. The Morgan fingerprint density at radius 1 is 1.14 bits per heavy atom. The van der Waals surface area contributed by atoms with E-state index in [9.17, 15) is 9.59 Å². The van der Waals surface area contributed by atoms with Crippen LogP contribution in [0.3, 0.4) is 0 Å². The number of para-hydroxylation sites is 1. The van der Waals surface area contributed by atoms with E-state index in [4.69, 9.17) is 16.3 Å². The molecule has 0 bridgehead atoms. The van der Waals surface area contributed by atoms with Crippen molar-refractivity contribution in [3.05, 3.63) is 59.1 Å². The summed E-state index contributed by atoms with van der Waals surface area (Å²) < 4.78 is 5.78. The van der Waals surface area contributed by atoms with Gasteiger partial charge in [0.1, 0.15) is 5.75 Å². The molecule has 154 valence electrons. The fourth-order valence-electron chi connectivity index (χ4n) is 3.26. The van der Waals surface area contributed by atoms with Crippen LogP contribution in [0.15, 0.2) is 48.5 Å². The maximum absolute atomic E-state index is 12.5. The second-order valence-electron chi connectivity index (χ2n) is 7.24. The number of benzene rings is 2. The van der Waals surface area contributed by atoms with Gasteiger partial charge in [-0.3, -0.25) is 4.79 Å². The average Bonchev–Trinajstić information content (AvgIpc) is 2.71. The van der Waals surface area contributed by atoms with Gasteiger partial charge in [-0.1, -0.05) is 29.8 Å². The van der Waals surface area contributed by atoms with Crippen molar-refractivity contribution in [3.8, 4) is 5.75 Å². The number of hydrogen-bond acceptors (Lipinski definition) is 3. The van der Waals surface area contributed by atoms with Crippen molar-refractivity contribution in [1.82, 2.24) is 10.2 Å². The van der Waals surface area contributed by atoms with E-state index in [0.29, 0.717) is 36.7 Å². The Kier molecular flexibility index (Phi) is 6.99. The summed E-state index contributed by atoms with van der Waals surface area (Å²) in [5.41, 5.74) is 1.66. The lowest BCUT2D eigenvalue weighted by molar-refractivity contribution is -0.128. The molecule has 1 unspecified atom stereocenters. The van der Waals surface area contributed by atoms with E-state index in [-0.39, 0.29) is 18.0 Å². The lowest BCUT2D eigenvalue weighted by Gasteiger charge is -2.33. The number of nitrogens with one attached hydrogen (secondary N) is 2. The van der Waals surface area contributed by atoms with Crippen LogP contribution in [0.4, 0.5) is 10.5 Å². The number of ether oxygens (including phenoxy) is 1. The number of urea groups is 1. The molecule has 0 aromatic heterocycles. The Morgan fingerprint density at radius 3 is 2.48 bits per heavy atom. The van der Waals surface area contributed by atoms with Gasteiger partial charge in [0.15, 0.2) is 6.10 Å². The summed E-state index contributed by atoms with van der Waals surface area (Å²) in [6.07, 6.45) is 0.802. The Balaban J connectivity index is 1.44.